The molecule has 7 nitrogen and oxygen atoms in total. The Bertz CT molecular complexity index is 970. The van der Waals surface area contributed by atoms with E-state index >= 15 is 0 Å². The molecule has 0 aliphatic carbocycles. The molecule has 0 fully saturated rings. The number of nitrogens with one attached hydrogen (secondary N) is 3. The summed E-state index contributed by atoms with van der Waals surface area (Å²) >= 11 is 0. The van der Waals surface area contributed by atoms with Gasteiger partial charge in [0.25, 0.3) is 5.91 Å². The Kier molecular flexibility index (Phi) is 8.89. The first-order chi connectivity index (χ1) is 15.7. The fourth-order valence-corrected chi connectivity index (χ4v) is 3.07. The summed E-state index contributed by atoms with van der Waals surface area (Å²) in [5, 5.41) is 9.39. The van der Waals surface area contributed by atoms with Crippen molar-refractivity contribution in [2.45, 2.75) is 26.0 Å². The summed E-state index contributed by atoms with van der Waals surface area (Å²) in [7, 11) is 1.75. The molecule has 0 aliphatic rings. The van der Waals surface area contributed by atoms with Crippen LogP contribution in [0.25, 0.3) is 0 Å². The maximum absolute atomic E-state index is 12.0. The summed E-state index contributed by atoms with van der Waals surface area (Å²) in [6.45, 7) is 4.12. The summed E-state index contributed by atoms with van der Waals surface area (Å²) < 4.78 is 11.0. The van der Waals surface area contributed by atoms with Crippen molar-refractivity contribution < 1.29 is 13.9 Å². The molecule has 1 amide bonds. The first-order valence-corrected chi connectivity index (χ1v) is 10.7. The van der Waals surface area contributed by atoms with Crippen molar-refractivity contribution in [3.63, 3.8) is 0 Å². The molecule has 168 valence electrons. The van der Waals surface area contributed by atoms with E-state index < -0.39 is 0 Å². The number of amides is 1. The molecule has 0 saturated heterocycles. The first-order valence-electron chi connectivity index (χ1n) is 10.7. The van der Waals surface area contributed by atoms with Crippen molar-refractivity contribution >= 4 is 17.6 Å². The second-order valence-electron chi connectivity index (χ2n) is 7.26. The van der Waals surface area contributed by atoms with Gasteiger partial charge in [-0.1, -0.05) is 42.5 Å². The summed E-state index contributed by atoms with van der Waals surface area (Å²) in [6.07, 6.45) is 2.44. The van der Waals surface area contributed by atoms with Crippen LogP contribution in [0.1, 0.15) is 41.1 Å². The third kappa shape index (κ3) is 7.28. The van der Waals surface area contributed by atoms with Crippen LogP contribution in [0, 0.1) is 0 Å². The SMILES string of the molecule is CN=C(NCCCOC(C)c1ccccc1)NCc1ccc(NC(=O)c2ccco2)cc1. The zero-order valence-electron chi connectivity index (χ0n) is 18.5. The lowest BCUT2D eigenvalue weighted by Crippen LogP contribution is -2.37. The van der Waals surface area contributed by atoms with Crippen molar-refractivity contribution in [1.82, 2.24) is 10.6 Å². The second kappa shape index (κ2) is 12.3. The molecule has 7 heteroatoms. The molecule has 0 aliphatic heterocycles. The lowest BCUT2D eigenvalue weighted by Gasteiger charge is -2.15. The number of furan rings is 1. The first kappa shape index (κ1) is 23.1. The number of guanidine groups is 1. The molecule has 0 radical (unpaired) electrons. The van der Waals surface area contributed by atoms with Gasteiger partial charge in [-0.25, -0.2) is 0 Å². The number of hydrogen-bond donors (Lipinski definition) is 3. The van der Waals surface area contributed by atoms with Gasteiger partial charge in [-0.3, -0.25) is 9.79 Å². The minimum atomic E-state index is -0.271. The fourth-order valence-electron chi connectivity index (χ4n) is 3.07. The van der Waals surface area contributed by atoms with E-state index in [1.165, 1.54) is 11.8 Å². The Labute approximate surface area is 188 Å². The molecular weight excluding hydrogens is 404 g/mol. The highest BCUT2D eigenvalue weighted by atomic mass is 16.5. The van der Waals surface area contributed by atoms with Crippen LogP contribution in [0.15, 0.2) is 82.4 Å². The standard InChI is InChI=1S/C25H30N4O3/c1-19(21-8-4-3-5-9-21)31-17-7-15-27-25(26-2)28-18-20-11-13-22(14-12-20)29-24(30)23-10-6-16-32-23/h3-6,8-14,16,19H,7,15,17-18H2,1-2H3,(H,29,30)(H2,26,27,28). The summed E-state index contributed by atoms with van der Waals surface area (Å²) in [5.74, 6) is 0.745. The van der Waals surface area contributed by atoms with E-state index in [1.807, 2.05) is 42.5 Å². The molecular formula is C25H30N4O3. The molecule has 3 aromatic rings. The van der Waals surface area contributed by atoms with E-state index in [9.17, 15) is 4.79 Å². The van der Waals surface area contributed by atoms with E-state index in [2.05, 4.69) is 40.0 Å². The molecule has 3 N–H and O–H groups in total. The van der Waals surface area contributed by atoms with E-state index in [4.69, 9.17) is 9.15 Å². The number of carbonyl (C=O) groups excluding carboxylic acids is 1. The average Bonchev–Trinajstić information content (AvgIpc) is 3.37. The van der Waals surface area contributed by atoms with Crippen LogP contribution < -0.4 is 16.0 Å². The van der Waals surface area contributed by atoms with Crippen molar-refractivity contribution in [2.75, 3.05) is 25.5 Å². The summed E-state index contributed by atoms with van der Waals surface area (Å²) in [6, 6.07) is 21.2. The molecule has 2 aromatic carbocycles. The van der Waals surface area contributed by atoms with Crippen LogP contribution >= 0.6 is 0 Å². The molecule has 1 atom stereocenters. The lowest BCUT2D eigenvalue weighted by atomic mass is 10.1. The molecule has 0 spiro atoms. The Morgan fingerprint density at radius 1 is 1.03 bits per heavy atom. The van der Waals surface area contributed by atoms with Crippen molar-refractivity contribution in [2.24, 2.45) is 4.99 Å². The number of rotatable bonds is 10. The van der Waals surface area contributed by atoms with Gasteiger partial charge in [-0.15, -0.1) is 0 Å². The monoisotopic (exact) mass is 434 g/mol. The maximum atomic E-state index is 12.0. The number of carbonyl (C=O) groups is 1. The topological polar surface area (TPSA) is 87.9 Å². The Morgan fingerprint density at radius 2 is 1.81 bits per heavy atom. The van der Waals surface area contributed by atoms with Crippen LogP contribution in [-0.4, -0.2) is 32.1 Å². The van der Waals surface area contributed by atoms with Gasteiger partial charge in [0.1, 0.15) is 0 Å². The summed E-state index contributed by atoms with van der Waals surface area (Å²) in [5.41, 5.74) is 2.97. The van der Waals surface area contributed by atoms with Crippen LogP contribution in [0.2, 0.25) is 0 Å². The number of ether oxygens (including phenoxy) is 1. The smallest absolute Gasteiger partial charge is 0.291 e. The molecule has 0 bridgehead atoms. The van der Waals surface area contributed by atoms with Gasteiger partial charge in [0.05, 0.1) is 12.4 Å². The lowest BCUT2D eigenvalue weighted by molar-refractivity contribution is 0.0646. The Balaban J connectivity index is 1.34. The predicted molar refractivity (Wildman–Crippen MR) is 127 cm³/mol. The van der Waals surface area contributed by atoms with Crippen LogP contribution in [0.4, 0.5) is 5.69 Å². The number of hydrogen-bond acceptors (Lipinski definition) is 4. The van der Waals surface area contributed by atoms with Crippen LogP contribution in [-0.2, 0) is 11.3 Å². The van der Waals surface area contributed by atoms with E-state index in [0.29, 0.717) is 18.8 Å². The van der Waals surface area contributed by atoms with Crippen LogP contribution in [0.5, 0.6) is 0 Å². The number of anilines is 1. The average molecular weight is 435 g/mol. The zero-order chi connectivity index (χ0) is 22.6. The van der Waals surface area contributed by atoms with Gasteiger partial charge in [0, 0.05) is 32.4 Å². The highest BCUT2D eigenvalue weighted by Gasteiger charge is 2.08. The molecule has 1 heterocycles. The minimum absolute atomic E-state index is 0.0838. The maximum Gasteiger partial charge on any atom is 0.291 e. The second-order valence-corrected chi connectivity index (χ2v) is 7.26. The molecule has 1 aromatic heterocycles. The van der Waals surface area contributed by atoms with Gasteiger partial charge in [0.2, 0.25) is 0 Å². The normalized spacial score (nSPS) is 12.2. The van der Waals surface area contributed by atoms with Gasteiger partial charge in [0.15, 0.2) is 11.7 Å². The largest absolute Gasteiger partial charge is 0.459 e. The third-order valence-corrected chi connectivity index (χ3v) is 4.89. The number of aliphatic imine (C=N–C) groups is 1. The van der Waals surface area contributed by atoms with Crippen molar-refractivity contribution in [3.05, 3.63) is 89.9 Å². The zero-order valence-corrected chi connectivity index (χ0v) is 18.5. The highest BCUT2D eigenvalue weighted by Crippen LogP contribution is 2.15. The van der Waals surface area contributed by atoms with E-state index in [-0.39, 0.29) is 17.8 Å². The molecule has 1 unspecified atom stereocenters. The van der Waals surface area contributed by atoms with Crippen molar-refractivity contribution in [1.29, 1.82) is 0 Å². The highest BCUT2D eigenvalue weighted by molar-refractivity contribution is 6.02. The molecule has 3 rings (SSSR count). The summed E-state index contributed by atoms with van der Waals surface area (Å²) in [4.78, 5) is 16.3. The predicted octanol–water partition coefficient (Wildman–Crippen LogP) is 4.36. The number of benzene rings is 2. The molecule has 0 saturated carbocycles. The Morgan fingerprint density at radius 3 is 2.50 bits per heavy atom. The van der Waals surface area contributed by atoms with Gasteiger partial charge in [-0.2, -0.15) is 0 Å². The fraction of sp³-hybridized carbons (Fsp3) is 0.280. The van der Waals surface area contributed by atoms with E-state index in [0.717, 1.165) is 24.5 Å². The Hall–Kier alpha value is -3.58. The van der Waals surface area contributed by atoms with Gasteiger partial charge >= 0.3 is 0 Å². The molecule has 32 heavy (non-hydrogen) atoms. The third-order valence-electron chi connectivity index (χ3n) is 4.89. The van der Waals surface area contributed by atoms with Gasteiger partial charge < -0.3 is 25.1 Å². The van der Waals surface area contributed by atoms with Crippen LogP contribution in [0.3, 0.4) is 0 Å². The quantitative estimate of drug-likeness (QED) is 0.251. The minimum Gasteiger partial charge on any atom is -0.459 e. The van der Waals surface area contributed by atoms with Gasteiger partial charge in [-0.05, 0) is 48.7 Å². The number of nitrogens with zero attached hydrogens (tertiary/aromatic N) is 1. The van der Waals surface area contributed by atoms with E-state index in [1.54, 1.807) is 19.2 Å². The van der Waals surface area contributed by atoms with Crippen molar-refractivity contribution in [3.8, 4) is 0 Å².